The number of hydrogen-bond donors (Lipinski definition) is 2. The number of sulfonamides is 1. The first kappa shape index (κ1) is 20.4. The predicted molar refractivity (Wildman–Crippen MR) is 95.6 cm³/mol. The lowest BCUT2D eigenvalue weighted by Crippen LogP contribution is -2.26. The highest BCUT2D eigenvalue weighted by Gasteiger charge is 2.19. The minimum Gasteiger partial charge on any atom is -0.478 e. The van der Waals surface area contributed by atoms with Crippen molar-refractivity contribution in [2.24, 2.45) is 5.92 Å². The molecule has 0 aliphatic carbocycles. The smallest absolute Gasteiger partial charge is 0.331 e. The summed E-state index contributed by atoms with van der Waals surface area (Å²) in [6.45, 7) is 9.55. The van der Waals surface area contributed by atoms with Crippen LogP contribution in [-0.2, 0) is 14.8 Å². The third-order valence-electron chi connectivity index (χ3n) is 3.60. The van der Waals surface area contributed by atoms with Gasteiger partial charge in [-0.3, -0.25) is 0 Å². The van der Waals surface area contributed by atoms with Gasteiger partial charge in [-0.25, -0.2) is 17.9 Å². The van der Waals surface area contributed by atoms with Gasteiger partial charge < -0.3 is 5.11 Å². The van der Waals surface area contributed by atoms with Crippen molar-refractivity contribution < 1.29 is 18.3 Å². The second-order valence-corrected chi connectivity index (χ2v) is 8.25. The lowest BCUT2D eigenvalue weighted by molar-refractivity contribution is -0.132. The fraction of sp³-hybridized carbons (Fsp3) is 0.500. The average Bonchev–Trinajstić information content (AvgIpc) is 2.39. The molecule has 0 radical (unpaired) electrons. The van der Waals surface area contributed by atoms with Crippen LogP contribution in [0.4, 0.5) is 0 Å². The van der Waals surface area contributed by atoms with Crippen LogP contribution in [0.25, 0.3) is 0 Å². The van der Waals surface area contributed by atoms with Gasteiger partial charge in [0, 0.05) is 12.1 Å². The highest BCUT2D eigenvalue weighted by Crippen LogP contribution is 2.21. The van der Waals surface area contributed by atoms with Gasteiger partial charge in [0.15, 0.2) is 0 Å². The first-order chi connectivity index (χ1) is 11.0. The van der Waals surface area contributed by atoms with Crippen LogP contribution in [0.2, 0.25) is 0 Å². The molecule has 0 aliphatic rings. The predicted octanol–water partition coefficient (Wildman–Crippen LogP) is 3.34. The lowest BCUT2D eigenvalue weighted by atomic mass is 10.0. The van der Waals surface area contributed by atoms with Gasteiger partial charge in [-0.05, 0) is 50.7 Å². The monoisotopic (exact) mass is 353 g/mol. The van der Waals surface area contributed by atoms with Crippen molar-refractivity contribution in [3.8, 4) is 0 Å². The number of carboxylic acid groups (broad SMARTS) is 1. The van der Waals surface area contributed by atoms with Crippen LogP contribution in [0.5, 0.6) is 0 Å². The van der Waals surface area contributed by atoms with E-state index >= 15 is 0 Å². The van der Waals surface area contributed by atoms with E-state index in [1.54, 1.807) is 19.9 Å². The van der Waals surface area contributed by atoms with Crippen LogP contribution >= 0.6 is 0 Å². The Morgan fingerprint density at radius 2 is 1.75 bits per heavy atom. The van der Waals surface area contributed by atoms with Crippen molar-refractivity contribution in [2.75, 3.05) is 6.54 Å². The van der Waals surface area contributed by atoms with E-state index in [4.69, 9.17) is 5.11 Å². The SMILES string of the molecule is Cc1cc(C)c(S(=O)(=O)NCCC=C(CC(C)C)C(=O)O)c(C)c1. The largest absolute Gasteiger partial charge is 0.478 e. The summed E-state index contributed by atoms with van der Waals surface area (Å²) in [4.78, 5) is 11.5. The molecule has 6 heteroatoms. The molecule has 0 amide bonds. The van der Waals surface area contributed by atoms with Crippen LogP contribution in [0.3, 0.4) is 0 Å². The molecule has 134 valence electrons. The molecule has 0 unspecified atom stereocenters. The third kappa shape index (κ3) is 5.76. The fourth-order valence-electron chi connectivity index (χ4n) is 2.80. The maximum atomic E-state index is 12.5. The van der Waals surface area contributed by atoms with Crippen molar-refractivity contribution in [2.45, 2.75) is 52.4 Å². The molecule has 0 saturated carbocycles. The van der Waals surface area contributed by atoms with Gasteiger partial charge in [0.1, 0.15) is 0 Å². The van der Waals surface area contributed by atoms with Crippen molar-refractivity contribution in [1.29, 1.82) is 0 Å². The summed E-state index contributed by atoms with van der Waals surface area (Å²) in [5.74, 6) is -0.710. The Balaban J connectivity index is 2.82. The molecule has 1 aromatic carbocycles. The molecule has 0 fully saturated rings. The van der Waals surface area contributed by atoms with Gasteiger partial charge in [0.2, 0.25) is 10.0 Å². The van der Waals surface area contributed by atoms with E-state index in [-0.39, 0.29) is 12.5 Å². The number of aryl methyl sites for hydroxylation is 3. The number of benzene rings is 1. The van der Waals surface area contributed by atoms with Crippen LogP contribution in [0, 0.1) is 26.7 Å². The molecule has 0 atom stereocenters. The molecule has 1 aromatic rings. The molecular formula is C18H27NO4S. The topological polar surface area (TPSA) is 83.5 Å². The Bertz CT molecular complexity index is 710. The number of rotatable bonds is 8. The Kier molecular flexibility index (Phi) is 7.17. The van der Waals surface area contributed by atoms with Crippen molar-refractivity contribution in [3.05, 3.63) is 40.5 Å². The quantitative estimate of drug-likeness (QED) is 0.554. The van der Waals surface area contributed by atoms with E-state index in [2.05, 4.69) is 4.72 Å². The summed E-state index contributed by atoms with van der Waals surface area (Å²) >= 11 is 0. The van der Waals surface area contributed by atoms with Crippen LogP contribution in [-0.4, -0.2) is 26.0 Å². The zero-order valence-corrected chi connectivity index (χ0v) is 15.8. The summed E-state index contributed by atoms with van der Waals surface area (Å²) < 4.78 is 27.5. The fourth-order valence-corrected chi connectivity index (χ4v) is 4.30. The molecule has 5 nitrogen and oxygen atoms in total. The zero-order chi connectivity index (χ0) is 18.5. The van der Waals surface area contributed by atoms with Gasteiger partial charge in [-0.15, -0.1) is 0 Å². The molecule has 0 heterocycles. The maximum Gasteiger partial charge on any atom is 0.331 e. The second kappa shape index (κ2) is 8.44. The maximum absolute atomic E-state index is 12.5. The highest BCUT2D eigenvalue weighted by atomic mass is 32.2. The highest BCUT2D eigenvalue weighted by molar-refractivity contribution is 7.89. The van der Waals surface area contributed by atoms with Gasteiger partial charge in [0.05, 0.1) is 4.90 Å². The van der Waals surface area contributed by atoms with Gasteiger partial charge in [-0.2, -0.15) is 0 Å². The van der Waals surface area contributed by atoms with Crippen molar-refractivity contribution in [1.82, 2.24) is 4.72 Å². The molecule has 24 heavy (non-hydrogen) atoms. The molecule has 0 aliphatic heterocycles. The summed E-state index contributed by atoms with van der Waals surface area (Å²) in [5.41, 5.74) is 2.77. The van der Waals surface area contributed by atoms with Crippen LogP contribution in [0.1, 0.15) is 43.4 Å². The normalized spacial score (nSPS) is 12.7. The molecule has 0 aromatic heterocycles. The standard InChI is InChI=1S/C18H27NO4S/c1-12(2)9-16(18(20)21)7-6-8-19-24(22,23)17-14(4)10-13(3)11-15(17)5/h7,10-12,19H,6,8-9H2,1-5H3,(H,20,21). The van der Waals surface area contributed by atoms with Crippen LogP contribution < -0.4 is 4.72 Å². The average molecular weight is 353 g/mol. The zero-order valence-electron chi connectivity index (χ0n) is 15.0. The third-order valence-corrected chi connectivity index (χ3v) is 5.37. The molecule has 1 rings (SSSR count). The molecule has 2 N–H and O–H groups in total. The van der Waals surface area contributed by atoms with Crippen LogP contribution in [0.15, 0.2) is 28.7 Å². The Morgan fingerprint density at radius 1 is 1.21 bits per heavy atom. The number of hydrogen-bond acceptors (Lipinski definition) is 3. The van der Waals surface area contributed by atoms with E-state index in [0.717, 1.165) is 5.56 Å². The van der Waals surface area contributed by atoms with Gasteiger partial charge >= 0.3 is 5.97 Å². The van der Waals surface area contributed by atoms with E-state index in [0.29, 0.717) is 34.4 Å². The van der Waals surface area contributed by atoms with E-state index in [1.807, 2.05) is 32.9 Å². The molecule has 0 bridgehead atoms. The first-order valence-electron chi connectivity index (χ1n) is 8.04. The summed E-state index contributed by atoms with van der Waals surface area (Å²) in [5, 5.41) is 9.15. The number of aliphatic carboxylic acids is 1. The minimum absolute atomic E-state index is 0.171. The van der Waals surface area contributed by atoms with E-state index < -0.39 is 16.0 Å². The van der Waals surface area contributed by atoms with Crippen molar-refractivity contribution >= 4 is 16.0 Å². The Labute approximate surface area is 144 Å². The Morgan fingerprint density at radius 3 is 2.21 bits per heavy atom. The molecule has 0 saturated heterocycles. The number of nitrogens with one attached hydrogen (secondary N) is 1. The van der Waals surface area contributed by atoms with Gasteiger partial charge in [0.25, 0.3) is 0 Å². The van der Waals surface area contributed by atoms with Crippen molar-refractivity contribution in [3.63, 3.8) is 0 Å². The summed E-state index contributed by atoms with van der Waals surface area (Å²) in [6, 6.07) is 3.68. The summed E-state index contributed by atoms with van der Waals surface area (Å²) in [6.07, 6.45) is 2.41. The second-order valence-electron chi connectivity index (χ2n) is 6.55. The summed E-state index contributed by atoms with van der Waals surface area (Å²) in [7, 11) is -3.61. The van der Waals surface area contributed by atoms with E-state index in [1.165, 1.54) is 0 Å². The number of carbonyl (C=O) groups is 1. The Hall–Kier alpha value is -1.66. The minimum atomic E-state index is -3.61. The number of carboxylic acids is 1. The van der Waals surface area contributed by atoms with Gasteiger partial charge in [-0.1, -0.05) is 37.6 Å². The lowest BCUT2D eigenvalue weighted by Gasteiger charge is -2.13. The molecular weight excluding hydrogens is 326 g/mol. The van der Waals surface area contributed by atoms with E-state index in [9.17, 15) is 13.2 Å². The first-order valence-corrected chi connectivity index (χ1v) is 9.52. The molecule has 0 spiro atoms.